The van der Waals surface area contributed by atoms with Crippen LogP contribution >= 0.6 is 15.9 Å². The van der Waals surface area contributed by atoms with Gasteiger partial charge in [-0.2, -0.15) is 0 Å². The van der Waals surface area contributed by atoms with E-state index >= 15 is 0 Å². The molecule has 2 rings (SSSR count). The van der Waals surface area contributed by atoms with E-state index < -0.39 is 11.1 Å². The molecule has 0 saturated carbocycles. The standard InChI is InChI=1S/C14H10BrNO5/c15-11-7-5-10(6-8-11)9-20-14(17)21-13-4-2-1-3-12(13)16(18)19/h1-8H,9H2. The van der Waals surface area contributed by atoms with Crippen LogP contribution in [0.5, 0.6) is 5.75 Å². The van der Waals surface area contributed by atoms with Gasteiger partial charge in [-0.05, 0) is 23.8 Å². The van der Waals surface area contributed by atoms with Crippen LogP contribution in [0.4, 0.5) is 10.5 Å². The lowest BCUT2D eigenvalue weighted by Gasteiger charge is -2.06. The number of hydrogen-bond donors (Lipinski definition) is 0. The molecule has 0 radical (unpaired) electrons. The van der Waals surface area contributed by atoms with Crippen LogP contribution in [0.15, 0.2) is 53.0 Å². The highest BCUT2D eigenvalue weighted by molar-refractivity contribution is 9.10. The summed E-state index contributed by atoms with van der Waals surface area (Å²) in [6.07, 6.45) is -0.993. The van der Waals surface area contributed by atoms with E-state index in [0.717, 1.165) is 10.0 Å². The maximum Gasteiger partial charge on any atom is 0.514 e. The highest BCUT2D eigenvalue weighted by atomic mass is 79.9. The number of ether oxygens (including phenoxy) is 2. The molecular weight excluding hydrogens is 342 g/mol. The van der Waals surface area contributed by atoms with Gasteiger partial charge in [0.05, 0.1) is 4.92 Å². The van der Waals surface area contributed by atoms with Crippen molar-refractivity contribution in [1.82, 2.24) is 0 Å². The van der Waals surface area contributed by atoms with Crippen molar-refractivity contribution in [2.45, 2.75) is 6.61 Å². The van der Waals surface area contributed by atoms with Gasteiger partial charge in [0.1, 0.15) is 6.61 Å². The third-order valence-electron chi connectivity index (χ3n) is 2.53. The fourth-order valence-corrected chi connectivity index (χ4v) is 1.80. The van der Waals surface area contributed by atoms with E-state index in [4.69, 9.17) is 9.47 Å². The van der Waals surface area contributed by atoms with Gasteiger partial charge in [0, 0.05) is 10.5 Å². The quantitative estimate of drug-likeness (QED) is 0.359. The zero-order chi connectivity index (χ0) is 15.2. The fourth-order valence-electron chi connectivity index (χ4n) is 1.54. The van der Waals surface area contributed by atoms with Gasteiger partial charge in [0.2, 0.25) is 5.75 Å². The lowest BCUT2D eigenvalue weighted by molar-refractivity contribution is -0.385. The van der Waals surface area contributed by atoms with E-state index in [2.05, 4.69) is 15.9 Å². The molecule has 0 saturated heterocycles. The second-order valence-electron chi connectivity index (χ2n) is 3.99. The SMILES string of the molecule is O=C(OCc1ccc(Br)cc1)Oc1ccccc1[N+](=O)[O-]. The summed E-state index contributed by atoms with van der Waals surface area (Å²) in [7, 11) is 0. The van der Waals surface area contributed by atoms with Crippen LogP contribution < -0.4 is 4.74 Å². The summed E-state index contributed by atoms with van der Waals surface area (Å²) in [4.78, 5) is 21.7. The monoisotopic (exact) mass is 351 g/mol. The molecule has 21 heavy (non-hydrogen) atoms. The Morgan fingerprint density at radius 3 is 2.48 bits per heavy atom. The number of nitro groups is 1. The van der Waals surface area contributed by atoms with E-state index in [1.807, 2.05) is 12.1 Å². The Kier molecular flexibility index (Phi) is 4.89. The van der Waals surface area contributed by atoms with Crippen molar-refractivity contribution in [1.29, 1.82) is 0 Å². The molecule has 0 aliphatic rings. The van der Waals surface area contributed by atoms with Gasteiger partial charge in [0.15, 0.2) is 0 Å². The normalized spacial score (nSPS) is 9.95. The van der Waals surface area contributed by atoms with Crippen molar-refractivity contribution >= 4 is 27.8 Å². The summed E-state index contributed by atoms with van der Waals surface area (Å²) < 4.78 is 10.7. The Bertz CT molecular complexity index is 657. The first kappa shape index (κ1) is 15.0. The van der Waals surface area contributed by atoms with Gasteiger partial charge < -0.3 is 9.47 Å². The number of carbonyl (C=O) groups is 1. The molecule has 0 fully saturated rings. The average molecular weight is 352 g/mol. The average Bonchev–Trinajstić information content (AvgIpc) is 2.47. The van der Waals surface area contributed by atoms with Gasteiger partial charge >= 0.3 is 11.8 Å². The van der Waals surface area contributed by atoms with E-state index in [1.165, 1.54) is 24.3 Å². The maximum atomic E-state index is 11.6. The number of rotatable bonds is 4. The van der Waals surface area contributed by atoms with Crippen molar-refractivity contribution in [3.05, 3.63) is 68.7 Å². The zero-order valence-corrected chi connectivity index (χ0v) is 12.3. The first-order chi connectivity index (χ1) is 10.1. The van der Waals surface area contributed by atoms with Crippen molar-refractivity contribution in [3.63, 3.8) is 0 Å². The number of para-hydroxylation sites is 2. The number of carbonyl (C=O) groups excluding carboxylic acids is 1. The molecule has 0 bridgehead atoms. The van der Waals surface area contributed by atoms with E-state index in [0.29, 0.717) is 0 Å². The Balaban J connectivity index is 1.96. The predicted molar refractivity (Wildman–Crippen MR) is 78.1 cm³/mol. The van der Waals surface area contributed by atoms with Gasteiger partial charge in [-0.25, -0.2) is 4.79 Å². The minimum absolute atomic E-state index is 0.0206. The fraction of sp³-hybridized carbons (Fsp3) is 0.0714. The number of hydrogen-bond acceptors (Lipinski definition) is 5. The molecule has 0 aliphatic carbocycles. The van der Waals surface area contributed by atoms with Gasteiger partial charge in [-0.15, -0.1) is 0 Å². The number of benzene rings is 2. The Morgan fingerprint density at radius 1 is 1.14 bits per heavy atom. The minimum Gasteiger partial charge on any atom is -0.429 e. The van der Waals surface area contributed by atoms with Gasteiger partial charge in [-0.1, -0.05) is 40.2 Å². The zero-order valence-electron chi connectivity index (χ0n) is 10.7. The predicted octanol–water partition coefficient (Wildman–Crippen LogP) is 4.07. The first-order valence-corrected chi connectivity index (χ1v) is 6.68. The van der Waals surface area contributed by atoms with Crippen LogP contribution in [-0.4, -0.2) is 11.1 Å². The number of nitro benzene ring substituents is 1. The van der Waals surface area contributed by atoms with Crippen molar-refractivity contribution in [2.75, 3.05) is 0 Å². The van der Waals surface area contributed by atoms with Crippen LogP contribution in [-0.2, 0) is 11.3 Å². The molecule has 7 heteroatoms. The van der Waals surface area contributed by atoms with E-state index in [-0.39, 0.29) is 18.0 Å². The molecular formula is C14H10BrNO5. The third-order valence-corrected chi connectivity index (χ3v) is 3.05. The number of nitrogens with zero attached hydrogens (tertiary/aromatic N) is 1. The molecule has 0 N–H and O–H groups in total. The van der Waals surface area contributed by atoms with Crippen LogP contribution in [0.3, 0.4) is 0 Å². The third kappa shape index (κ3) is 4.28. The van der Waals surface area contributed by atoms with E-state index in [9.17, 15) is 14.9 Å². The lowest BCUT2D eigenvalue weighted by Crippen LogP contribution is -2.11. The molecule has 0 unspecified atom stereocenters. The molecule has 0 heterocycles. The summed E-state index contributed by atoms with van der Waals surface area (Å²) in [5.41, 5.74) is 0.482. The van der Waals surface area contributed by atoms with Crippen LogP contribution in [0, 0.1) is 10.1 Å². The molecule has 108 valence electrons. The summed E-state index contributed by atoms with van der Waals surface area (Å²) >= 11 is 3.29. The van der Waals surface area contributed by atoms with Crippen LogP contribution in [0.2, 0.25) is 0 Å². The molecule has 0 amide bonds. The first-order valence-electron chi connectivity index (χ1n) is 5.89. The molecule has 2 aromatic rings. The summed E-state index contributed by atoms with van der Waals surface area (Å²) in [5.74, 6) is -0.150. The van der Waals surface area contributed by atoms with Crippen molar-refractivity contribution in [2.24, 2.45) is 0 Å². The maximum absolute atomic E-state index is 11.6. The highest BCUT2D eigenvalue weighted by Crippen LogP contribution is 2.26. The van der Waals surface area contributed by atoms with E-state index in [1.54, 1.807) is 12.1 Å². The Hall–Kier alpha value is -2.41. The van der Waals surface area contributed by atoms with Crippen LogP contribution in [0.25, 0.3) is 0 Å². The van der Waals surface area contributed by atoms with Crippen LogP contribution in [0.1, 0.15) is 5.56 Å². The van der Waals surface area contributed by atoms with Crippen molar-refractivity contribution < 1.29 is 19.2 Å². The van der Waals surface area contributed by atoms with Gasteiger partial charge in [-0.3, -0.25) is 10.1 Å². The van der Waals surface area contributed by atoms with Gasteiger partial charge in [0.25, 0.3) is 0 Å². The molecule has 0 aliphatic heterocycles. The second kappa shape index (κ2) is 6.85. The topological polar surface area (TPSA) is 78.7 Å². The summed E-state index contributed by atoms with van der Waals surface area (Å²) in [6, 6.07) is 12.8. The minimum atomic E-state index is -0.993. The largest absolute Gasteiger partial charge is 0.514 e. The molecule has 0 atom stereocenters. The second-order valence-corrected chi connectivity index (χ2v) is 4.91. The Morgan fingerprint density at radius 2 is 1.81 bits per heavy atom. The smallest absolute Gasteiger partial charge is 0.429 e. The number of halogens is 1. The molecule has 2 aromatic carbocycles. The lowest BCUT2D eigenvalue weighted by atomic mass is 10.2. The molecule has 0 spiro atoms. The van der Waals surface area contributed by atoms with Crippen molar-refractivity contribution in [3.8, 4) is 5.75 Å². The molecule has 6 nitrogen and oxygen atoms in total. The highest BCUT2D eigenvalue weighted by Gasteiger charge is 2.17. The summed E-state index contributed by atoms with van der Waals surface area (Å²) in [6.45, 7) is 0.0206. The Labute approximate surface area is 128 Å². The summed E-state index contributed by atoms with van der Waals surface area (Å²) in [5, 5.41) is 10.8. The molecule has 0 aromatic heterocycles.